The first-order chi connectivity index (χ1) is 10.7. The number of ether oxygens (including phenoxy) is 1. The Morgan fingerprint density at radius 1 is 1.39 bits per heavy atom. The quantitative estimate of drug-likeness (QED) is 0.735. The fraction of sp³-hybridized carbons (Fsp3) is 0.467. The first kappa shape index (κ1) is 17.8. The van der Waals surface area contributed by atoms with Gasteiger partial charge in [0.1, 0.15) is 11.4 Å². The molecule has 2 amide bonds. The third-order valence-electron chi connectivity index (χ3n) is 3.70. The average Bonchev–Trinajstić information content (AvgIpc) is 2.85. The SMILES string of the molecule is C[C@H]([C@H](Br)C(=O)N1C(=O)OC[C@@H]1Cc1ccccc1)C(F)(F)F. The standard InChI is InChI=1S/C15H15BrF3NO3/c1-9(15(17,18)19)12(16)13(21)20-11(8-23-14(20)22)7-10-5-3-2-4-6-10/h2-6,9,11-12H,7-8H2,1H3/t9-,11+,12+/m1/s1. The zero-order valence-corrected chi connectivity index (χ0v) is 13.8. The van der Waals surface area contributed by atoms with Crippen LogP contribution in [0.3, 0.4) is 0 Å². The maximum absolute atomic E-state index is 12.8. The van der Waals surface area contributed by atoms with E-state index < -0.39 is 35.0 Å². The number of hydrogen-bond donors (Lipinski definition) is 0. The Kier molecular flexibility index (Phi) is 5.33. The highest BCUT2D eigenvalue weighted by atomic mass is 79.9. The molecule has 0 saturated carbocycles. The lowest BCUT2D eigenvalue weighted by molar-refractivity contribution is -0.173. The highest BCUT2D eigenvalue weighted by Gasteiger charge is 2.48. The summed E-state index contributed by atoms with van der Waals surface area (Å²) in [6, 6.07) is 8.45. The zero-order valence-electron chi connectivity index (χ0n) is 12.2. The second-order valence-electron chi connectivity index (χ2n) is 5.36. The Balaban J connectivity index is 2.14. The van der Waals surface area contributed by atoms with E-state index in [1.54, 1.807) is 12.1 Å². The second kappa shape index (κ2) is 6.90. The molecule has 0 unspecified atom stereocenters. The molecule has 3 atom stereocenters. The summed E-state index contributed by atoms with van der Waals surface area (Å²) in [5.74, 6) is -2.85. The molecule has 0 N–H and O–H groups in total. The molecule has 0 radical (unpaired) electrons. The molecule has 0 aromatic heterocycles. The fourth-order valence-corrected chi connectivity index (χ4v) is 2.80. The van der Waals surface area contributed by atoms with E-state index in [0.29, 0.717) is 6.42 Å². The minimum atomic E-state index is -4.54. The van der Waals surface area contributed by atoms with Crippen molar-refractivity contribution in [2.75, 3.05) is 6.61 Å². The van der Waals surface area contributed by atoms with Gasteiger partial charge in [0.2, 0.25) is 5.91 Å². The maximum Gasteiger partial charge on any atom is 0.417 e. The van der Waals surface area contributed by atoms with E-state index in [0.717, 1.165) is 17.4 Å². The molecule has 8 heteroatoms. The number of rotatable bonds is 4. The van der Waals surface area contributed by atoms with Crippen LogP contribution in [0.2, 0.25) is 0 Å². The van der Waals surface area contributed by atoms with Gasteiger partial charge in [0, 0.05) is 0 Å². The van der Waals surface area contributed by atoms with Crippen LogP contribution < -0.4 is 0 Å². The third-order valence-corrected chi connectivity index (χ3v) is 4.89. The normalized spacial score (nSPS) is 21.0. The molecule has 0 spiro atoms. The van der Waals surface area contributed by atoms with Gasteiger partial charge in [0.15, 0.2) is 0 Å². The van der Waals surface area contributed by atoms with E-state index in [1.807, 2.05) is 18.2 Å². The largest absolute Gasteiger partial charge is 0.447 e. The van der Waals surface area contributed by atoms with Crippen molar-refractivity contribution in [2.24, 2.45) is 5.92 Å². The van der Waals surface area contributed by atoms with Crippen molar-refractivity contribution < 1.29 is 27.5 Å². The number of alkyl halides is 4. The van der Waals surface area contributed by atoms with Crippen molar-refractivity contribution >= 4 is 27.9 Å². The molecule has 1 heterocycles. The van der Waals surface area contributed by atoms with Crippen LogP contribution in [0, 0.1) is 5.92 Å². The van der Waals surface area contributed by atoms with Crippen LogP contribution in [0.1, 0.15) is 12.5 Å². The van der Waals surface area contributed by atoms with Gasteiger partial charge in [-0.05, 0) is 12.0 Å². The first-order valence-electron chi connectivity index (χ1n) is 6.96. The molecule has 4 nitrogen and oxygen atoms in total. The number of amides is 2. The summed E-state index contributed by atoms with van der Waals surface area (Å²) in [4.78, 5) is 23.3. The van der Waals surface area contributed by atoms with E-state index in [-0.39, 0.29) is 6.61 Å². The Labute approximate surface area is 139 Å². The molecule has 126 valence electrons. The number of carbonyl (C=O) groups excluding carboxylic acids is 2. The Hall–Kier alpha value is -1.57. The van der Waals surface area contributed by atoms with Crippen molar-refractivity contribution in [2.45, 2.75) is 30.4 Å². The second-order valence-corrected chi connectivity index (χ2v) is 6.35. The monoisotopic (exact) mass is 393 g/mol. The van der Waals surface area contributed by atoms with E-state index >= 15 is 0 Å². The molecule has 1 aromatic carbocycles. The predicted molar refractivity (Wildman–Crippen MR) is 80.1 cm³/mol. The molecule has 1 saturated heterocycles. The summed E-state index contributed by atoms with van der Waals surface area (Å²) >= 11 is 2.78. The fourth-order valence-electron chi connectivity index (χ4n) is 2.28. The van der Waals surface area contributed by atoms with Crippen LogP contribution in [0.15, 0.2) is 30.3 Å². The van der Waals surface area contributed by atoms with E-state index in [2.05, 4.69) is 15.9 Å². The summed E-state index contributed by atoms with van der Waals surface area (Å²) in [6.45, 7) is 0.866. The van der Waals surface area contributed by atoms with Crippen molar-refractivity contribution in [3.05, 3.63) is 35.9 Å². The molecular formula is C15H15BrF3NO3. The molecule has 0 aliphatic carbocycles. The molecule has 2 rings (SSSR count). The lowest BCUT2D eigenvalue weighted by Crippen LogP contribution is -2.47. The van der Waals surface area contributed by atoms with Gasteiger partial charge in [-0.2, -0.15) is 13.2 Å². The summed E-state index contributed by atoms with van der Waals surface area (Å²) in [6.07, 6.45) is -5.12. The van der Waals surface area contributed by atoms with Crippen LogP contribution in [-0.4, -0.2) is 40.6 Å². The van der Waals surface area contributed by atoms with Crippen molar-refractivity contribution in [1.29, 1.82) is 0 Å². The first-order valence-corrected chi connectivity index (χ1v) is 7.88. The van der Waals surface area contributed by atoms with Crippen molar-refractivity contribution in [1.82, 2.24) is 4.90 Å². The van der Waals surface area contributed by atoms with E-state index in [9.17, 15) is 22.8 Å². The highest BCUT2D eigenvalue weighted by Crippen LogP contribution is 2.33. The molecule has 23 heavy (non-hydrogen) atoms. The van der Waals surface area contributed by atoms with E-state index in [4.69, 9.17) is 4.74 Å². The molecule has 1 aromatic rings. The molecule has 1 aliphatic heterocycles. The van der Waals surface area contributed by atoms with Crippen LogP contribution in [0.5, 0.6) is 0 Å². The van der Waals surface area contributed by atoms with Gasteiger partial charge in [-0.3, -0.25) is 4.79 Å². The third kappa shape index (κ3) is 4.04. The molecule has 1 fully saturated rings. The molecule has 0 bridgehead atoms. The van der Waals surface area contributed by atoms with Gasteiger partial charge >= 0.3 is 12.3 Å². The molecule has 1 aliphatic rings. The predicted octanol–water partition coefficient (Wildman–Crippen LogP) is 3.54. The number of halogens is 4. The van der Waals surface area contributed by atoms with Crippen molar-refractivity contribution in [3.63, 3.8) is 0 Å². The topological polar surface area (TPSA) is 46.6 Å². The number of carbonyl (C=O) groups is 2. The van der Waals surface area contributed by atoms with Gasteiger partial charge in [0.05, 0.1) is 12.0 Å². The van der Waals surface area contributed by atoms with Crippen molar-refractivity contribution in [3.8, 4) is 0 Å². The van der Waals surface area contributed by atoms with Gasteiger partial charge in [-0.25, -0.2) is 9.69 Å². The zero-order chi connectivity index (χ0) is 17.2. The van der Waals surface area contributed by atoms with Gasteiger partial charge in [0.25, 0.3) is 0 Å². The Morgan fingerprint density at radius 3 is 2.57 bits per heavy atom. The maximum atomic E-state index is 12.8. The number of hydrogen-bond acceptors (Lipinski definition) is 3. The lowest BCUT2D eigenvalue weighted by atomic mass is 10.0. The Bertz CT molecular complexity index is 579. The van der Waals surface area contributed by atoms with Gasteiger partial charge < -0.3 is 4.74 Å². The number of nitrogens with zero attached hydrogens (tertiary/aromatic N) is 1. The van der Waals surface area contributed by atoms with Gasteiger partial charge in [-0.1, -0.05) is 53.2 Å². The smallest absolute Gasteiger partial charge is 0.417 e. The van der Waals surface area contributed by atoms with Crippen LogP contribution in [-0.2, 0) is 16.0 Å². The summed E-state index contributed by atoms with van der Waals surface area (Å²) in [5.41, 5.74) is 0.864. The minimum absolute atomic E-state index is 0.0282. The number of benzene rings is 1. The van der Waals surface area contributed by atoms with Crippen LogP contribution >= 0.6 is 15.9 Å². The van der Waals surface area contributed by atoms with E-state index in [1.165, 1.54) is 0 Å². The van der Waals surface area contributed by atoms with Crippen LogP contribution in [0.25, 0.3) is 0 Å². The van der Waals surface area contributed by atoms with Gasteiger partial charge in [-0.15, -0.1) is 0 Å². The molecular weight excluding hydrogens is 379 g/mol. The minimum Gasteiger partial charge on any atom is -0.447 e. The lowest BCUT2D eigenvalue weighted by Gasteiger charge is -2.26. The summed E-state index contributed by atoms with van der Waals surface area (Å²) in [5, 5.41) is 0. The highest BCUT2D eigenvalue weighted by molar-refractivity contribution is 9.10. The Morgan fingerprint density at radius 2 is 2.00 bits per heavy atom. The number of cyclic esters (lactones) is 1. The number of imide groups is 1. The summed E-state index contributed by atoms with van der Waals surface area (Å²) in [7, 11) is 0. The summed E-state index contributed by atoms with van der Waals surface area (Å²) < 4.78 is 43.2. The van der Waals surface area contributed by atoms with Crippen LogP contribution in [0.4, 0.5) is 18.0 Å². The average molecular weight is 394 g/mol.